The Morgan fingerprint density at radius 3 is 2.21 bits per heavy atom. The first-order valence-electron chi connectivity index (χ1n) is 11.6. The molecule has 1 atom stereocenters. The van der Waals surface area contributed by atoms with E-state index in [9.17, 15) is 19.5 Å². The fourth-order valence-electron chi connectivity index (χ4n) is 4.61. The van der Waals surface area contributed by atoms with Crippen LogP contribution in [0.5, 0.6) is 0 Å². The summed E-state index contributed by atoms with van der Waals surface area (Å²) in [6.07, 6.45) is 2.52. The van der Waals surface area contributed by atoms with E-state index >= 15 is 0 Å². The number of carbonyl (C=O) groups is 3. The zero-order chi connectivity index (χ0) is 23.4. The Bertz CT molecular complexity index is 987. The van der Waals surface area contributed by atoms with Crippen LogP contribution in [0.15, 0.2) is 48.5 Å². The van der Waals surface area contributed by atoms with Crippen molar-refractivity contribution in [3.8, 4) is 11.1 Å². The van der Waals surface area contributed by atoms with Gasteiger partial charge in [0, 0.05) is 12.5 Å². The predicted molar refractivity (Wildman–Crippen MR) is 124 cm³/mol. The summed E-state index contributed by atoms with van der Waals surface area (Å²) in [4.78, 5) is 38.3. The Labute approximate surface area is 193 Å². The number of hydrogen-bond acceptors (Lipinski definition) is 4. The number of nitrogens with zero attached hydrogens (tertiary/aromatic N) is 1. The van der Waals surface area contributed by atoms with E-state index in [2.05, 4.69) is 29.6 Å². The number of benzene rings is 2. The largest absolute Gasteiger partial charge is 0.480 e. The molecule has 2 aliphatic rings. The molecular weight excluding hydrogens is 420 g/mol. The van der Waals surface area contributed by atoms with E-state index in [0.29, 0.717) is 25.3 Å². The predicted octanol–water partition coefficient (Wildman–Crippen LogP) is 4.02. The summed E-state index contributed by atoms with van der Waals surface area (Å²) >= 11 is 0. The van der Waals surface area contributed by atoms with Crippen molar-refractivity contribution in [3.05, 3.63) is 59.7 Å². The van der Waals surface area contributed by atoms with E-state index in [1.165, 1.54) is 4.90 Å². The molecule has 0 aliphatic heterocycles. The topological polar surface area (TPSA) is 95.9 Å². The number of ether oxygens (including phenoxy) is 1. The monoisotopic (exact) mass is 450 g/mol. The molecule has 1 fully saturated rings. The number of rotatable bonds is 10. The third-order valence-corrected chi connectivity index (χ3v) is 6.33. The van der Waals surface area contributed by atoms with Crippen LogP contribution in [0, 0.1) is 5.92 Å². The fraction of sp³-hybridized carbons (Fsp3) is 0.423. The van der Waals surface area contributed by atoms with Gasteiger partial charge in [0.15, 0.2) is 0 Å². The van der Waals surface area contributed by atoms with Crippen LogP contribution in [-0.4, -0.2) is 53.7 Å². The van der Waals surface area contributed by atoms with Crippen molar-refractivity contribution in [1.82, 2.24) is 10.2 Å². The number of alkyl carbamates (subject to hydrolysis) is 1. The van der Waals surface area contributed by atoms with Crippen LogP contribution in [-0.2, 0) is 14.3 Å². The van der Waals surface area contributed by atoms with Crippen molar-refractivity contribution in [1.29, 1.82) is 0 Å². The van der Waals surface area contributed by atoms with Crippen LogP contribution in [0.1, 0.15) is 49.7 Å². The zero-order valence-electron chi connectivity index (χ0n) is 18.8. The maximum Gasteiger partial charge on any atom is 0.407 e. The maximum absolute atomic E-state index is 13.0. The molecule has 2 aromatic carbocycles. The Kier molecular flexibility index (Phi) is 6.96. The van der Waals surface area contributed by atoms with Crippen LogP contribution in [0.4, 0.5) is 4.79 Å². The molecule has 7 nitrogen and oxygen atoms in total. The van der Waals surface area contributed by atoms with E-state index in [4.69, 9.17) is 4.74 Å². The number of hydrogen-bond donors (Lipinski definition) is 2. The van der Waals surface area contributed by atoms with Gasteiger partial charge in [-0.1, -0.05) is 68.3 Å². The molecule has 0 bridgehead atoms. The molecule has 2 aromatic rings. The number of carbonyl (C=O) groups excluding carboxylic acids is 2. The van der Waals surface area contributed by atoms with Crippen molar-refractivity contribution < 1.29 is 24.2 Å². The number of carboxylic acid groups (broad SMARTS) is 1. The molecule has 0 heterocycles. The summed E-state index contributed by atoms with van der Waals surface area (Å²) in [5, 5.41) is 11.9. The van der Waals surface area contributed by atoms with Crippen molar-refractivity contribution in [3.63, 3.8) is 0 Å². The van der Waals surface area contributed by atoms with Gasteiger partial charge in [-0.25, -0.2) is 4.79 Å². The molecule has 0 spiro atoms. The molecule has 0 aromatic heterocycles. The lowest BCUT2D eigenvalue weighted by atomic mass is 9.98. The van der Waals surface area contributed by atoms with Gasteiger partial charge in [-0.2, -0.15) is 0 Å². The van der Waals surface area contributed by atoms with Crippen LogP contribution < -0.4 is 5.32 Å². The summed E-state index contributed by atoms with van der Waals surface area (Å²) in [5.74, 6) is -1.12. The maximum atomic E-state index is 13.0. The van der Waals surface area contributed by atoms with Gasteiger partial charge in [0.25, 0.3) is 0 Å². The van der Waals surface area contributed by atoms with Crippen LogP contribution in [0.3, 0.4) is 0 Å². The fourth-order valence-corrected chi connectivity index (χ4v) is 4.61. The second-order valence-corrected chi connectivity index (χ2v) is 8.86. The molecule has 7 heteroatoms. The van der Waals surface area contributed by atoms with E-state index in [0.717, 1.165) is 35.1 Å². The highest BCUT2D eigenvalue weighted by molar-refractivity contribution is 5.88. The van der Waals surface area contributed by atoms with Crippen LogP contribution >= 0.6 is 0 Å². The summed E-state index contributed by atoms with van der Waals surface area (Å²) in [6, 6.07) is 15.4. The van der Waals surface area contributed by atoms with Gasteiger partial charge in [0.1, 0.15) is 19.2 Å². The summed E-state index contributed by atoms with van der Waals surface area (Å²) < 4.78 is 5.61. The molecule has 2 N–H and O–H groups in total. The Morgan fingerprint density at radius 1 is 1.06 bits per heavy atom. The molecule has 0 unspecified atom stereocenters. The number of carboxylic acids is 1. The smallest absolute Gasteiger partial charge is 0.407 e. The van der Waals surface area contributed by atoms with Gasteiger partial charge in [0.05, 0.1) is 0 Å². The van der Waals surface area contributed by atoms with Crippen molar-refractivity contribution in [2.75, 3.05) is 19.7 Å². The Morgan fingerprint density at radius 2 is 1.67 bits per heavy atom. The molecule has 174 valence electrons. The van der Waals surface area contributed by atoms with Crippen LogP contribution in [0.2, 0.25) is 0 Å². The standard InChI is InChI=1S/C26H30N2O5/c1-2-13-28(15-24(29)30)25(31)23(14-17-11-12-17)27-26(32)33-16-22-20-9-5-3-7-18(20)19-8-4-6-10-21(19)22/h3-10,17,22-23H,2,11-16H2,1H3,(H,27,32)(H,29,30)/t23-/m0/s1. The minimum atomic E-state index is -1.07. The summed E-state index contributed by atoms with van der Waals surface area (Å²) in [5.41, 5.74) is 4.53. The number of amides is 2. The van der Waals surface area contributed by atoms with Crippen LogP contribution in [0.25, 0.3) is 11.1 Å². The molecular formula is C26H30N2O5. The Hall–Kier alpha value is -3.35. The highest BCUT2D eigenvalue weighted by Gasteiger charge is 2.34. The minimum absolute atomic E-state index is 0.0654. The molecule has 1 saturated carbocycles. The van der Waals surface area contributed by atoms with E-state index in [1.54, 1.807) is 0 Å². The summed E-state index contributed by atoms with van der Waals surface area (Å²) in [6.45, 7) is 2.01. The third kappa shape index (κ3) is 5.35. The number of nitrogens with one attached hydrogen (secondary N) is 1. The number of fused-ring (bicyclic) bond motifs is 3. The molecule has 2 aliphatic carbocycles. The average molecular weight is 451 g/mol. The Balaban J connectivity index is 1.43. The van der Waals surface area contributed by atoms with Gasteiger partial charge in [-0.05, 0) is 41.0 Å². The highest BCUT2D eigenvalue weighted by atomic mass is 16.5. The lowest BCUT2D eigenvalue weighted by Gasteiger charge is -2.26. The van der Waals surface area contributed by atoms with Crippen molar-refractivity contribution >= 4 is 18.0 Å². The first-order chi connectivity index (χ1) is 16.0. The van der Waals surface area contributed by atoms with E-state index in [1.807, 2.05) is 31.2 Å². The summed E-state index contributed by atoms with van der Waals surface area (Å²) in [7, 11) is 0. The highest BCUT2D eigenvalue weighted by Crippen LogP contribution is 2.44. The molecule has 2 amide bonds. The van der Waals surface area contributed by atoms with Gasteiger partial charge < -0.3 is 20.1 Å². The second kappa shape index (κ2) is 10.1. The lowest BCUT2D eigenvalue weighted by molar-refractivity contribution is -0.145. The van der Waals surface area contributed by atoms with Gasteiger partial charge >= 0.3 is 12.1 Å². The molecule has 4 rings (SSSR count). The lowest BCUT2D eigenvalue weighted by Crippen LogP contribution is -2.50. The molecule has 33 heavy (non-hydrogen) atoms. The molecule has 0 saturated heterocycles. The first kappa shape index (κ1) is 22.8. The third-order valence-electron chi connectivity index (χ3n) is 6.33. The quantitative estimate of drug-likeness (QED) is 0.570. The first-order valence-corrected chi connectivity index (χ1v) is 11.6. The average Bonchev–Trinajstić information content (AvgIpc) is 3.57. The minimum Gasteiger partial charge on any atom is -0.480 e. The van der Waals surface area contributed by atoms with Gasteiger partial charge in [0.2, 0.25) is 5.91 Å². The second-order valence-electron chi connectivity index (χ2n) is 8.86. The van der Waals surface area contributed by atoms with Gasteiger partial charge in [-0.3, -0.25) is 9.59 Å². The SMILES string of the molecule is CCCN(CC(=O)O)C(=O)[C@H](CC1CC1)NC(=O)OCC1c2ccccc2-c2ccccc21. The van der Waals surface area contributed by atoms with E-state index in [-0.39, 0.29) is 25.0 Å². The van der Waals surface area contributed by atoms with E-state index < -0.39 is 18.1 Å². The zero-order valence-corrected chi connectivity index (χ0v) is 18.8. The molecule has 0 radical (unpaired) electrons. The normalized spacial score (nSPS) is 15.3. The van der Waals surface area contributed by atoms with Gasteiger partial charge in [-0.15, -0.1) is 0 Å². The van der Waals surface area contributed by atoms with Crippen molar-refractivity contribution in [2.45, 2.75) is 44.6 Å². The van der Waals surface area contributed by atoms with Crippen molar-refractivity contribution in [2.24, 2.45) is 5.92 Å². The number of aliphatic carboxylic acids is 1.